The summed E-state index contributed by atoms with van der Waals surface area (Å²) in [5, 5.41) is 10.3. The summed E-state index contributed by atoms with van der Waals surface area (Å²) < 4.78 is 0. The minimum Gasteiger partial charge on any atom is -0.375 e. The Kier molecular flexibility index (Phi) is 2.90. The second kappa shape index (κ2) is 4.34. The van der Waals surface area contributed by atoms with E-state index in [1.54, 1.807) is 0 Å². The van der Waals surface area contributed by atoms with Crippen molar-refractivity contribution >= 4 is 6.21 Å². The van der Waals surface area contributed by atoms with E-state index in [1.807, 2.05) is 13.1 Å². The highest BCUT2D eigenvalue weighted by molar-refractivity contribution is 5.68. The van der Waals surface area contributed by atoms with Crippen LogP contribution in [0.5, 0.6) is 0 Å². The maximum Gasteiger partial charge on any atom is 0.103 e. The first-order valence-corrected chi connectivity index (χ1v) is 5.37. The largest absolute Gasteiger partial charge is 0.375 e. The van der Waals surface area contributed by atoms with Gasteiger partial charge in [-0.05, 0) is 12.5 Å². The van der Waals surface area contributed by atoms with Crippen LogP contribution < -0.4 is 5.32 Å². The van der Waals surface area contributed by atoms with Gasteiger partial charge in [0.1, 0.15) is 5.82 Å². The van der Waals surface area contributed by atoms with Crippen molar-refractivity contribution in [3.63, 3.8) is 0 Å². The molecule has 2 unspecified atom stereocenters. The van der Waals surface area contributed by atoms with Crippen LogP contribution in [0.2, 0.25) is 0 Å². The molecule has 0 radical (unpaired) electrons. The predicted octanol–water partition coefficient (Wildman–Crippen LogP) is 1.51. The first-order valence-electron chi connectivity index (χ1n) is 5.37. The van der Waals surface area contributed by atoms with Crippen LogP contribution in [0.4, 0.5) is 0 Å². The van der Waals surface area contributed by atoms with Crippen LogP contribution in [0.3, 0.4) is 0 Å². The predicted molar refractivity (Wildman–Crippen MR) is 62.8 cm³/mol. The third-order valence-corrected chi connectivity index (χ3v) is 3.09. The van der Waals surface area contributed by atoms with Crippen LogP contribution in [-0.4, -0.2) is 30.7 Å². The molecule has 2 atom stereocenters. The van der Waals surface area contributed by atoms with Crippen molar-refractivity contribution in [2.24, 2.45) is 5.92 Å². The van der Waals surface area contributed by atoms with Gasteiger partial charge in [-0.25, -0.2) is 0 Å². The van der Waals surface area contributed by atoms with E-state index in [0.717, 1.165) is 12.4 Å². The second-order valence-electron chi connectivity index (χ2n) is 3.87. The van der Waals surface area contributed by atoms with E-state index < -0.39 is 0 Å². The fourth-order valence-electron chi connectivity index (χ4n) is 2.36. The molecule has 0 aromatic heterocycles. The van der Waals surface area contributed by atoms with E-state index in [2.05, 4.69) is 34.5 Å². The molecule has 2 rings (SSSR count). The SMILES string of the molecule is CN/C(=C\C=N)N1CCC2C=CC=CC21. The molecule has 0 aromatic carbocycles. The molecular formula is C12H17N3. The van der Waals surface area contributed by atoms with Crippen LogP contribution >= 0.6 is 0 Å². The van der Waals surface area contributed by atoms with Gasteiger partial charge in [0.05, 0.1) is 6.04 Å². The summed E-state index contributed by atoms with van der Waals surface area (Å²) in [6.45, 7) is 1.06. The molecule has 15 heavy (non-hydrogen) atoms. The van der Waals surface area contributed by atoms with Gasteiger partial charge in [-0.1, -0.05) is 24.3 Å². The van der Waals surface area contributed by atoms with Crippen molar-refractivity contribution in [1.82, 2.24) is 10.2 Å². The van der Waals surface area contributed by atoms with E-state index in [4.69, 9.17) is 5.41 Å². The van der Waals surface area contributed by atoms with Gasteiger partial charge in [-0.3, -0.25) is 0 Å². The fraction of sp³-hybridized carbons (Fsp3) is 0.417. The maximum absolute atomic E-state index is 7.13. The zero-order chi connectivity index (χ0) is 10.7. The molecule has 3 nitrogen and oxygen atoms in total. The first-order chi connectivity index (χ1) is 7.36. The topological polar surface area (TPSA) is 39.1 Å². The Bertz CT molecular complexity index is 328. The molecule has 2 aliphatic rings. The van der Waals surface area contributed by atoms with Gasteiger partial charge in [0.25, 0.3) is 0 Å². The molecule has 0 amide bonds. The number of rotatable bonds is 3. The highest BCUT2D eigenvalue weighted by Crippen LogP contribution is 2.30. The van der Waals surface area contributed by atoms with E-state index in [-0.39, 0.29) is 0 Å². The summed E-state index contributed by atoms with van der Waals surface area (Å²) >= 11 is 0. The molecule has 0 saturated carbocycles. The summed E-state index contributed by atoms with van der Waals surface area (Å²) in [4.78, 5) is 2.33. The minimum absolute atomic E-state index is 0.466. The second-order valence-corrected chi connectivity index (χ2v) is 3.87. The Hall–Kier alpha value is -1.51. The van der Waals surface area contributed by atoms with Gasteiger partial charge in [0.2, 0.25) is 0 Å². The highest BCUT2D eigenvalue weighted by Gasteiger charge is 2.32. The normalized spacial score (nSPS) is 29.1. The van der Waals surface area contributed by atoms with E-state index in [9.17, 15) is 0 Å². The van der Waals surface area contributed by atoms with Crippen LogP contribution in [0, 0.1) is 11.3 Å². The van der Waals surface area contributed by atoms with Gasteiger partial charge in [0.15, 0.2) is 0 Å². The standard InChI is InChI=1S/C12H17N3/c1-14-12(6-8-13)15-9-7-10-4-2-3-5-11(10)15/h2-6,8,10-11,13-14H,7,9H2,1H3/b12-6+,13-8?. The minimum atomic E-state index is 0.466. The lowest BCUT2D eigenvalue weighted by molar-refractivity contribution is 0.329. The summed E-state index contributed by atoms with van der Waals surface area (Å²) in [5.41, 5.74) is 0. The zero-order valence-electron chi connectivity index (χ0n) is 8.98. The average Bonchev–Trinajstić information content (AvgIpc) is 2.70. The molecule has 3 heteroatoms. The molecule has 1 heterocycles. The Morgan fingerprint density at radius 1 is 1.47 bits per heavy atom. The Labute approximate surface area is 90.7 Å². The van der Waals surface area contributed by atoms with E-state index in [0.29, 0.717) is 12.0 Å². The summed E-state index contributed by atoms with van der Waals surface area (Å²) in [6.07, 6.45) is 13.1. The highest BCUT2D eigenvalue weighted by atomic mass is 15.3. The van der Waals surface area contributed by atoms with Crippen molar-refractivity contribution in [2.75, 3.05) is 13.6 Å². The smallest absolute Gasteiger partial charge is 0.103 e. The third kappa shape index (κ3) is 1.82. The molecule has 1 aliphatic carbocycles. The average molecular weight is 203 g/mol. The number of hydrogen-bond acceptors (Lipinski definition) is 3. The molecule has 2 N–H and O–H groups in total. The Morgan fingerprint density at radius 3 is 3.00 bits per heavy atom. The van der Waals surface area contributed by atoms with E-state index >= 15 is 0 Å². The van der Waals surface area contributed by atoms with Crippen LogP contribution in [0.1, 0.15) is 6.42 Å². The monoisotopic (exact) mass is 203 g/mol. The van der Waals surface area contributed by atoms with Crippen molar-refractivity contribution < 1.29 is 0 Å². The Morgan fingerprint density at radius 2 is 2.27 bits per heavy atom. The molecule has 80 valence electrons. The number of nitrogens with zero attached hydrogens (tertiary/aromatic N) is 1. The number of allylic oxidation sites excluding steroid dienone is 3. The number of likely N-dealkylation sites (tertiary alicyclic amines) is 1. The fourth-order valence-corrected chi connectivity index (χ4v) is 2.36. The lowest BCUT2D eigenvalue weighted by Gasteiger charge is -2.29. The lowest BCUT2D eigenvalue weighted by atomic mass is 9.96. The third-order valence-electron chi connectivity index (χ3n) is 3.09. The van der Waals surface area contributed by atoms with Crippen LogP contribution in [-0.2, 0) is 0 Å². The van der Waals surface area contributed by atoms with Gasteiger partial charge < -0.3 is 15.6 Å². The van der Waals surface area contributed by atoms with E-state index in [1.165, 1.54) is 12.6 Å². The lowest BCUT2D eigenvalue weighted by Crippen LogP contribution is -2.35. The maximum atomic E-state index is 7.13. The van der Waals surface area contributed by atoms with Gasteiger partial charge in [0, 0.05) is 25.7 Å². The summed E-state index contributed by atoms with van der Waals surface area (Å²) in [6, 6.07) is 0.466. The molecule has 0 bridgehead atoms. The molecule has 0 aromatic rings. The van der Waals surface area contributed by atoms with Crippen LogP contribution in [0.25, 0.3) is 0 Å². The first kappa shape index (κ1) is 10.0. The quantitative estimate of drug-likeness (QED) is 0.682. The van der Waals surface area contributed by atoms with Crippen molar-refractivity contribution in [3.8, 4) is 0 Å². The van der Waals surface area contributed by atoms with Gasteiger partial charge in [-0.2, -0.15) is 0 Å². The summed E-state index contributed by atoms with van der Waals surface area (Å²) in [5.74, 6) is 1.68. The number of nitrogens with one attached hydrogen (secondary N) is 2. The molecule has 1 saturated heterocycles. The summed E-state index contributed by atoms with van der Waals surface area (Å²) in [7, 11) is 1.91. The zero-order valence-corrected chi connectivity index (χ0v) is 8.98. The van der Waals surface area contributed by atoms with Crippen molar-refractivity contribution in [3.05, 3.63) is 36.2 Å². The molecule has 1 aliphatic heterocycles. The van der Waals surface area contributed by atoms with Gasteiger partial charge in [-0.15, -0.1) is 0 Å². The number of fused-ring (bicyclic) bond motifs is 1. The van der Waals surface area contributed by atoms with Crippen molar-refractivity contribution in [1.29, 1.82) is 5.41 Å². The number of hydrogen-bond donors (Lipinski definition) is 2. The van der Waals surface area contributed by atoms with Gasteiger partial charge >= 0.3 is 0 Å². The molecule has 1 fully saturated rings. The van der Waals surface area contributed by atoms with Crippen LogP contribution in [0.15, 0.2) is 36.2 Å². The molecule has 0 spiro atoms. The van der Waals surface area contributed by atoms with Crippen molar-refractivity contribution in [2.45, 2.75) is 12.5 Å². The Balaban J connectivity index is 2.17. The molecular weight excluding hydrogens is 186 g/mol.